The van der Waals surface area contributed by atoms with Crippen LogP contribution in [0.3, 0.4) is 0 Å². The van der Waals surface area contributed by atoms with Crippen molar-refractivity contribution in [2.24, 2.45) is 5.92 Å². The Balaban J connectivity index is 2.41. The zero-order valence-corrected chi connectivity index (χ0v) is 12.9. The van der Waals surface area contributed by atoms with Gasteiger partial charge in [0.25, 0.3) is 0 Å². The number of anilines is 2. The first kappa shape index (κ1) is 15.0. The van der Waals surface area contributed by atoms with Crippen LogP contribution in [0.1, 0.15) is 37.0 Å². The summed E-state index contributed by atoms with van der Waals surface area (Å²) in [5.74, 6) is 0.287. The van der Waals surface area contributed by atoms with Gasteiger partial charge in [0.1, 0.15) is 0 Å². The standard InChI is InChI=1S/C15H21ClN2O2/c1-4-20-15(19)12-7-11(17)8-13(16)14(12)18(3)9(2)10-5-6-10/h7-10H,4-6,17H2,1-3H3. The quantitative estimate of drug-likeness (QED) is 0.669. The molecule has 2 rings (SSSR count). The van der Waals surface area contributed by atoms with Crippen LogP contribution in [-0.4, -0.2) is 25.7 Å². The summed E-state index contributed by atoms with van der Waals surface area (Å²) in [7, 11) is 1.96. The molecule has 0 radical (unpaired) electrons. The third-order valence-electron chi connectivity index (χ3n) is 3.85. The molecule has 1 aliphatic carbocycles. The molecule has 1 fully saturated rings. The Hall–Kier alpha value is -1.42. The van der Waals surface area contributed by atoms with Gasteiger partial charge in [-0.2, -0.15) is 0 Å². The lowest BCUT2D eigenvalue weighted by molar-refractivity contribution is 0.0527. The monoisotopic (exact) mass is 296 g/mol. The van der Waals surface area contributed by atoms with Crippen LogP contribution in [0.5, 0.6) is 0 Å². The molecule has 0 heterocycles. The minimum atomic E-state index is -0.383. The fraction of sp³-hybridized carbons (Fsp3) is 0.533. The van der Waals surface area contributed by atoms with Crippen LogP contribution >= 0.6 is 11.6 Å². The average molecular weight is 297 g/mol. The van der Waals surface area contributed by atoms with Crippen molar-refractivity contribution in [3.05, 3.63) is 22.7 Å². The summed E-state index contributed by atoms with van der Waals surface area (Å²) in [5, 5.41) is 0.489. The van der Waals surface area contributed by atoms with Gasteiger partial charge in [-0.05, 0) is 44.7 Å². The van der Waals surface area contributed by atoms with E-state index in [-0.39, 0.29) is 5.97 Å². The number of nitrogens with two attached hydrogens (primary N) is 1. The van der Waals surface area contributed by atoms with Gasteiger partial charge in [0.15, 0.2) is 0 Å². The van der Waals surface area contributed by atoms with Crippen molar-refractivity contribution in [2.45, 2.75) is 32.7 Å². The zero-order valence-electron chi connectivity index (χ0n) is 12.1. The van der Waals surface area contributed by atoms with E-state index in [0.29, 0.717) is 40.5 Å². The van der Waals surface area contributed by atoms with Gasteiger partial charge in [-0.3, -0.25) is 0 Å². The Kier molecular flexibility index (Phi) is 4.43. The molecule has 0 spiro atoms. The number of ether oxygens (including phenoxy) is 1. The smallest absolute Gasteiger partial charge is 0.340 e. The lowest BCUT2D eigenvalue weighted by Gasteiger charge is -2.29. The lowest BCUT2D eigenvalue weighted by atomic mass is 10.1. The van der Waals surface area contributed by atoms with Crippen molar-refractivity contribution >= 4 is 28.9 Å². The van der Waals surface area contributed by atoms with Gasteiger partial charge >= 0.3 is 5.97 Å². The number of nitrogen functional groups attached to an aromatic ring is 1. The van der Waals surface area contributed by atoms with E-state index in [1.165, 1.54) is 12.8 Å². The van der Waals surface area contributed by atoms with Crippen LogP contribution in [-0.2, 0) is 4.74 Å². The summed E-state index contributed by atoms with van der Waals surface area (Å²) in [6, 6.07) is 3.65. The molecule has 1 atom stereocenters. The number of esters is 1. The molecule has 0 saturated heterocycles. The number of hydrogen-bond acceptors (Lipinski definition) is 4. The van der Waals surface area contributed by atoms with Crippen molar-refractivity contribution in [3.63, 3.8) is 0 Å². The molecular weight excluding hydrogens is 276 g/mol. The summed E-state index contributed by atoms with van der Waals surface area (Å²) in [4.78, 5) is 14.2. The number of carbonyl (C=O) groups is 1. The van der Waals surface area contributed by atoms with Gasteiger partial charge in [0, 0.05) is 18.8 Å². The van der Waals surface area contributed by atoms with Crippen molar-refractivity contribution in [1.82, 2.24) is 0 Å². The van der Waals surface area contributed by atoms with Crippen LogP contribution in [0.4, 0.5) is 11.4 Å². The first-order valence-corrected chi connectivity index (χ1v) is 7.32. The number of halogens is 1. The molecule has 20 heavy (non-hydrogen) atoms. The number of nitrogens with zero attached hydrogens (tertiary/aromatic N) is 1. The predicted octanol–water partition coefficient (Wildman–Crippen LogP) is 3.33. The van der Waals surface area contributed by atoms with Gasteiger partial charge in [-0.25, -0.2) is 4.79 Å². The Morgan fingerprint density at radius 2 is 2.20 bits per heavy atom. The third-order valence-corrected chi connectivity index (χ3v) is 4.14. The molecule has 0 amide bonds. The van der Waals surface area contributed by atoms with Crippen LogP contribution in [0.25, 0.3) is 0 Å². The van der Waals surface area contributed by atoms with E-state index in [1.54, 1.807) is 19.1 Å². The van der Waals surface area contributed by atoms with Gasteiger partial charge < -0.3 is 15.4 Å². The lowest BCUT2D eigenvalue weighted by Crippen LogP contribution is -2.32. The van der Waals surface area contributed by atoms with Gasteiger partial charge in [-0.1, -0.05) is 11.6 Å². The van der Waals surface area contributed by atoms with Crippen molar-refractivity contribution in [1.29, 1.82) is 0 Å². The fourth-order valence-electron chi connectivity index (χ4n) is 2.44. The fourth-order valence-corrected chi connectivity index (χ4v) is 2.80. The average Bonchev–Trinajstić information content (AvgIpc) is 3.20. The molecule has 4 nitrogen and oxygen atoms in total. The van der Waals surface area contributed by atoms with E-state index in [1.807, 2.05) is 7.05 Å². The van der Waals surface area contributed by atoms with Gasteiger partial charge in [-0.15, -0.1) is 0 Å². The molecule has 1 aromatic carbocycles. The molecule has 1 unspecified atom stereocenters. The van der Waals surface area contributed by atoms with Crippen molar-refractivity contribution in [3.8, 4) is 0 Å². The zero-order chi connectivity index (χ0) is 14.9. The number of rotatable bonds is 5. The number of benzene rings is 1. The molecule has 1 aliphatic rings. The maximum atomic E-state index is 12.1. The molecule has 5 heteroatoms. The van der Waals surface area contributed by atoms with Gasteiger partial charge in [0.05, 0.1) is 22.9 Å². The van der Waals surface area contributed by atoms with E-state index >= 15 is 0 Å². The molecule has 110 valence electrons. The van der Waals surface area contributed by atoms with Crippen molar-refractivity contribution < 1.29 is 9.53 Å². The van der Waals surface area contributed by atoms with E-state index < -0.39 is 0 Å². The minimum Gasteiger partial charge on any atom is -0.462 e. The maximum Gasteiger partial charge on any atom is 0.340 e. The normalized spacial score (nSPS) is 15.8. The van der Waals surface area contributed by atoms with Crippen LogP contribution in [0.2, 0.25) is 5.02 Å². The second-order valence-corrected chi connectivity index (χ2v) is 5.72. The summed E-state index contributed by atoms with van der Waals surface area (Å²) < 4.78 is 5.10. The third kappa shape index (κ3) is 3.01. The highest BCUT2D eigenvalue weighted by Gasteiger charge is 2.33. The van der Waals surface area contributed by atoms with Crippen LogP contribution < -0.4 is 10.6 Å². The van der Waals surface area contributed by atoms with E-state index in [9.17, 15) is 4.79 Å². The highest BCUT2D eigenvalue weighted by Crippen LogP contribution is 2.40. The van der Waals surface area contributed by atoms with E-state index in [2.05, 4.69) is 11.8 Å². The highest BCUT2D eigenvalue weighted by atomic mass is 35.5. The predicted molar refractivity (Wildman–Crippen MR) is 82.4 cm³/mol. The summed E-state index contributed by atoms with van der Waals surface area (Å²) in [6.45, 7) is 4.26. The highest BCUT2D eigenvalue weighted by molar-refractivity contribution is 6.34. The molecule has 1 saturated carbocycles. The molecule has 0 aliphatic heterocycles. The second kappa shape index (κ2) is 5.92. The second-order valence-electron chi connectivity index (χ2n) is 5.31. The maximum absolute atomic E-state index is 12.1. The van der Waals surface area contributed by atoms with E-state index in [4.69, 9.17) is 22.1 Å². The number of hydrogen-bond donors (Lipinski definition) is 1. The Morgan fingerprint density at radius 1 is 1.55 bits per heavy atom. The van der Waals surface area contributed by atoms with Crippen LogP contribution in [0, 0.1) is 5.92 Å². The van der Waals surface area contributed by atoms with Crippen molar-refractivity contribution in [2.75, 3.05) is 24.3 Å². The summed E-state index contributed by atoms with van der Waals surface area (Å²) in [6.07, 6.45) is 2.46. The molecule has 1 aromatic rings. The molecule has 0 bridgehead atoms. The summed E-state index contributed by atoms with van der Waals surface area (Å²) >= 11 is 6.31. The minimum absolute atomic E-state index is 0.326. The Bertz CT molecular complexity index is 515. The van der Waals surface area contributed by atoms with Crippen LogP contribution in [0.15, 0.2) is 12.1 Å². The summed E-state index contributed by atoms with van der Waals surface area (Å²) in [5.41, 5.74) is 7.41. The molecule has 2 N–H and O–H groups in total. The molecule has 0 aromatic heterocycles. The SMILES string of the molecule is CCOC(=O)c1cc(N)cc(Cl)c1N(C)C(C)C1CC1. The van der Waals surface area contributed by atoms with Gasteiger partial charge in [0.2, 0.25) is 0 Å². The Labute approximate surface area is 124 Å². The Morgan fingerprint density at radius 3 is 2.75 bits per heavy atom. The van der Waals surface area contributed by atoms with E-state index in [0.717, 1.165) is 0 Å². The molecular formula is C15H21ClN2O2. The topological polar surface area (TPSA) is 55.6 Å². The first-order valence-electron chi connectivity index (χ1n) is 6.94. The number of carbonyl (C=O) groups excluding carboxylic acids is 1. The largest absolute Gasteiger partial charge is 0.462 e. The first-order chi connectivity index (χ1) is 9.45.